The molecule has 1 heterocycles. The number of fused-ring (bicyclic) bond motifs is 11. The average molecular weight is 778 g/mol. The van der Waals surface area contributed by atoms with Crippen LogP contribution in [0.4, 0.5) is 17.1 Å². The van der Waals surface area contributed by atoms with Crippen LogP contribution in [-0.4, -0.2) is 0 Å². The highest BCUT2D eigenvalue weighted by Crippen LogP contribution is 2.63. The third kappa shape index (κ3) is 5.50. The quantitative estimate of drug-likeness (QED) is 0.167. The number of benzene rings is 10. The molecule has 12 rings (SSSR count). The van der Waals surface area contributed by atoms with Crippen LogP contribution < -0.4 is 9.64 Å². The molecule has 0 aromatic heterocycles. The van der Waals surface area contributed by atoms with E-state index >= 15 is 0 Å². The van der Waals surface area contributed by atoms with Gasteiger partial charge in [0, 0.05) is 28.1 Å². The van der Waals surface area contributed by atoms with Gasteiger partial charge in [-0.1, -0.05) is 188 Å². The normalized spacial score (nSPS) is 12.9. The van der Waals surface area contributed by atoms with Crippen LogP contribution in [0, 0.1) is 0 Å². The monoisotopic (exact) mass is 777 g/mol. The minimum Gasteiger partial charge on any atom is -0.457 e. The Labute approximate surface area is 356 Å². The molecule has 0 atom stereocenters. The van der Waals surface area contributed by atoms with E-state index in [4.69, 9.17) is 4.74 Å². The summed E-state index contributed by atoms with van der Waals surface area (Å²) < 4.78 is 6.67. The molecule has 0 N–H and O–H groups in total. The number of hydrogen-bond donors (Lipinski definition) is 0. The molecular weight excluding hydrogens is 739 g/mol. The van der Waals surface area contributed by atoms with Gasteiger partial charge >= 0.3 is 0 Å². The van der Waals surface area contributed by atoms with Crippen molar-refractivity contribution in [3.8, 4) is 56.0 Å². The van der Waals surface area contributed by atoms with Gasteiger partial charge in [0.1, 0.15) is 11.5 Å². The Morgan fingerprint density at radius 1 is 0.328 bits per heavy atom. The molecule has 0 saturated carbocycles. The standard InChI is InChI=1S/C59H39NO/c1-3-15-40(16-4-1)41-27-33-46(34-28-41)60(55-24-12-9-20-48(55)43-17-5-2-6-18-43)47-35-29-42(30-36-47)45-31-37-50-54(39-45)59(53-38-32-44-19-7-8-21-49(44)58(50)53)51-22-10-13-25-56(51)61-57-26-14-11-23-52(57)59/h1-39H. The second kappa shape index (κ2) is 14.1. The van der Waals surface area contributed by atoms with Crippen molar-refractivity contribution in [2.75, 3.05) is 4.90 Å². The summed E-state index contributed by atoms with van der Waals surface area (Å²) in [5.74, 6) is 1.80. The fourth-order valence-corrected chi connectivity index (χ4v) is 10.0. The van der Waals surface area contributed by atoms with Crippen LogP contribution in [-0.2, 0) is 5.41 Å². The molecule has 2 nitrogen and oxygen atoms in total. The number of hydrogen-bond acceptors (Lipinski definition) is 2. The Morgan fingerprint density at radius 3 is 1.54 bits per heavy atom. The molecule has 1 aliphatic carbocycles. The molecule has 2 aliphatic rings. The zero-order chi connectivity index (χ0) is 40.3. The Bertz CT molecular complexity index is 3210. The number of para-hydroxylation sites is 3. The summed E-state index contributed by atoms with van der Waals surface area (Å²) in [6, 6.07) is 85.8. The lowest BCUT2D eigenvalue weighted by Crippen LogP contribution is -2.32. The van der Waals surface area contributed by atoms with Crippen molar-refractivity contribution in [2.24, 2.45) is 0 Å². The molecule has 0 fully saturated rings. The molecule has 0 unspecified atom stereocenters. The van der Waals surface area contributed by atoms with Gasteiger partial charge in [-0.2, -0.15) is 0 Å². The second-order valence-electron chi connectivity index (χ2n) is 16.0. The predicted octanol–water partition coefficient (Wildman–Crippen LogP) is 15.8. The van der Waals surface area contributed by atoms with E-state index in [9.17, 15) is 0 Å². The molecular formula is C59H39NO. The van der Waals surface area contributed by atoms with Gasteiger partial charge in [0.15, 0.2) is 0 Å². The van der Waals surface area contributed by atoms with E-state index in [-0.39, 0.29) is 0 Å². The lowest BCUT2D eigenvalue weighted by Gasteiger charge is -2.39. The average Bonchev–Trinajstić information content (AvgIpc) is 3.63. The van der Waals surface area contributed by atoms with Gasteiger partial charge in [0.25, 0.3) is 0 Å². The predicted molar refractivity (Wildman–Crippen MR) is 252 cm³/mol. The van der Waals surface area contributed by atoms with Gasteiger partial charge in [0.2, 0.25) is 0 Å². The molecule has 2 heteroatoms. The van der Waals surface area contributed by atoms with Crippen LogP contribution >= 0.6 is 0 Å². The van der Waals surface area contributed by atoms with Crippen LogP contribution in [0.3, 0.4) is 0 Å². The molecule has 1 aliphatic heterocycles. The van der Waals surface area contributed by atoms with Gasteiger partial charge in [-0.15, -0.1) is 0 Å². The van der Waals surface area contributed by atoms with E-state index in [1.807, 2.05) is 0 Å². The summed E-state index contributed by atoms with van der Waals surface area (Å²) >= 11 is 0. The van der Waals surface area contributed by atoms with E-state index in [0.717, 1.165) is 34.1 Å². The van der Waals surface area contributed by atoms with Crippen molar-refractivity contribution in [3.63, 3.8) is 0 Å². The highest BCUT2D eigenvalue weighted by Gasteiger charge is 2.51. The van der Waals surface area contributed by atoms with Crippen LogP contribution in [0.1, 0.15) is 22.3 Å². The van der Waals surface area contributed by atoms with E-state index in [0.29, 0.717) is 0 Å². The molecule has 0 amide bonds. The van der Waals surface area contributed by atoms with E-state index in [2.05, 4.69) is 241 Å². The maximum atomic E-state index is 6.67. The summed E-state index contributed by atoms with van der Waals surface area (Å²) in [4.78, 5) is 2.39. The minimum atomic E-state index is -0.556. The maximum absolute atomic E-state index is 6.67. The second-order valence-corrected chi connectivity index (χ2v) is 16.0. The van der Waals surface area contributed by atoms with Crippen molar-refractivity contribution < 1.29 is 4.74 Å². The lowest BCUT2D eigenvalue weighted by atomic mass is 9.66. The smallest absolute Gasteiger partial charge is 0.132 e. The maximum Gasteiger partial charge on any atom is 0.132 e. The zero-order valence-electron chi connectivity index (χ0n) is 33.4. The van der Waals surface area contributed by atoms with Gasteiger partial charge in [0.05, 0.1) is 11.1 Å². The van der Waals surface area contributed by atoms with E-state index in [1.54, 1.807) is 0 Å². The summed E-state index contributed by atoms with van der Waals surface area (Å²) in [6.07, 6.45) is 0. The van der Waals surface area contributed by atoms with Crippen molar-refractivity contribution in [1.82, 2.24) is 0 Å². The van der Waals surface area contributed by atoms with Gasteiger partial charge in [-0.3, -0.25) is 0 Å². The van der Waals surface area contributed by atoms with Crippen LogP contribution in [0.25, 0.3) is 55.3 Å². The highest BCUT2D eigenvalue weighted by molar-refractivity contribution is 6.05. The Morgan fingerprint density at radius 2 is 0.852 bits per heavy atom. The fraction of sp³-hybridized carbons (Fsp3) is 0.0169. The summed E-state index contributed by atoms with van der Waals surface area (Å²) in [5, 5.41) is 2.51. The molecule has 0 bridgehead atoms. The Kier molecular flexibility index (Phi) is 8.11. The number of rotatable bonds is 6. The van der Waals surface area contributed by atoms with Crippen LogP contribution in [0.2, 0.25) is 0 Å². The van der Waals surface area contributed by atoms with Crippen LogP contribution in [0.15, 0.2) is 237 Å². The Balaban J connectivity index is 1.02. The molecule has 10 aromatic rings. The van der Waals surface area contributed by atoms with Crippen LogP contribution in [0.5, 0.6) is 11.5 Å². The summed E-state index contributed by atoms with van der Waals surface area (Å²) in [5.41, 5.74) is 17.3. The number of ether oxygens (including phenoxy) is 1. The molecule has 0 radical (unpaired) electrons. The molecule has 286 valence electrons. The first kappa shape index (κ1) is 35.0. The SMILES string of the molecule is c1ccc(-c2ccc(N(c3ccc(-c4ccc5c(c4)C4(c6ccccc6Oc6ccccc64)c4ccc6ccccc6c4-5)cc3)c3ccccc3-c3ccccc3)cc2)cc1. The van der Waals surface area contributed by atoms with Crippen molar-refractivity contribution in [3.05, 3.63) is 259 Å². The number of nitrogens with zero attached hydrogens (tertiary/aromatic N) is 1. The lowest BCUT2D eigenvalue weighted by molar-refractivity contribution is 0.436. The topological polar surface area (TPSA) is 12.5 Å². The Hall–Kier alpha value is -7.94. The molecule has 10 aromatic carbocycles. The minimum absolute atomic E-state index is 0.556. The van der Waals surface area contributed by atoms with Gasteiger partial charge in [-0.25, -0.2) is 0 Å². The van der Waals surface area contributed by atoms with Gasteiger partial charge in [-0.05, 0) is 109 Å². The third-order valence-electron chi connectivity index (χ3n) is 12.7. The summed E-state index contributed by atoms with van der Waals surface area (Å²) in [7, 11) is 0. The first-order valence-electron chi connectivity index (χ1n) is 21.0. The third-order valence-corrected chi connectivity index (χ3v) is 12.7. The summed E-state index contributed by atoms with van der Waals surface area (Å²) in [6.45, 7) is 0. The number of anilines is 3. The zero-order valence-corrected chi connectivity index (χ0v) is 33.4. The highest BCUT2D eigenvalue weighted by atomic mass is 16.5. The van der Waals surface area contributed by atoms with E-state index in [1.165, 1.54) is 72.0 Å². The molecule has 0 saturated heterocycles. The molecule has 61 heavy (non-hydrogen) atoms. The van der Waals surface area contributed by atoms with Crippen molar-refractivity contribution in [2.45, 2.75) is 5.41 Å². The van der Waals surface area contributed by atoms with Gasteiger partial charge < -0.3 is 9.64 Å². The fourth-order valence-electron chi connectivity index (χ4n) is 10.0. The largest absolute Gasteiger partial charge is 0.457 e. The van der Waals surface area contributed by atoms with Crippen molar-refractivity contribution in [1.29, 1.82) is 0 Å². The first-order chi connectivity index (χ1) is 30.3. The van der Waals surface area contributed by atoms with E-state index < -0.39 is 5.41 Å². The first-order valence-corrected chi connectivity index (χ1v) is 21.0. The molecule has 1 spiro atoms. The van der Waals surface area contributed by atoms with Crippen molar-refractivity contribution >= 4 is 27.8 Å².